The fraction of sp³-hybridized carbons (Fsp3) is 0.0455. The number of aromatic nitrogens is 1. The molecule has 0 aliphatic carbocycles. The highest BCUT2D eigenvalue weighted by Crippen LogP contribution is 2.26. The molecule has 1 aromatic heterocycles. The molecule has 4 rings (SSSR count). The Hall–Kier alpha value is -3.76. The molecule has 0 aliphatic rings. The van der Waals surface area contributed by atoms with Gasteiger partial charge in [-0.3, -0.25) is 19.7 Å². The van der Waals surface area contributed by atoms with E-state index in [0.29, 0.717) is 10.8 Å². The Balaban J connectivity index is 1.35. The highest BCUT2D eigenvalue weighted by Gasteiger charge is 2.12. The lowest BCUT2D eigenvalue weighted by Crippen LogP contribution is -2.14. The highest BCUT2D eigenvalue weighted by molar-refractivity contribution is 8.00. The van der Waals surface area contributed by atoms with Crippen LogP contribution in [0.15, 0.2) is 77.7 Å². The van der Waals surface area contributed by atoms with Gasteiger partial charge < -0.3 is 10.6 Å². The van der Waals surface area contributed by atoms with E-state index in [4.69, 9.17) is 0 Å². The Morgan fingerprint density at radius 2 is 1.81 bits per heavy atom. The summed E-state index contributed by atoms with van der Waals surface area (Å²) in [5, 5.41) is 17.0. The summed E-state index contributed by atoms with van der Waals surface area (Å²) in [6, 6.07) is 20.2. The summed E-state index contributed by atoms with van der Waals surface area (Å²) in [6.07, 6.45) is 0. The third-order valence-electron chi connectivity index (χ3n) is 4.32. The number of non-ortho nitro benzene ring substituents is 1. The van der Waals surface area contributed by atoms with Crippen LogP contribution in [0.1, 0.15) is 10.4 Å². The number of thioether (sulfide) groups is 1. The maximum Gasteiger partial charge on any atom is 0.270 e. The summed E-state index contributed by atoms with van der Waals surface area (Å²) >= 11 is 2.74. The first-order valence-electron chi connectivity index (χ1n) is 9.42. The number of para-hydroxylation sites is 1. The van der Waals surface area contributed by atoms with Crippen molar-refractivity contribution >= 4 is 61.6 Å². The van der Waals surface area contributed by atoms with E-state index in [1.54, 1.807) is 18.2 Å². The van der Waals surface area contributed by atoms with Crippen molar-refractivity contribution in [3.63, 3.8) is 0 Å². The van der Waals surface area contributed by atoms with Crippen molar-refractivity contribution in [3.8, 4) is 0 Å². The molecule has 2 amide bonds. The summed E-state index contributed by atoms with van der Waals surface area (Å²) in [5.74, 6) is -0.456. The molecule has 4 aromatic rings. The maximum absolute atomic E-state index is 12.4. The number of carbonyl (C=O) groups is 2. The smallest absolute Gasteiger partial charge is 0.270 e. The molecule has 2 N–H and O–H groups in total. The summed E-state index contributed by atoms with van der Waals surface area (Å²) in [5.41, 5.74) is 1.40. The average molecular weight is 465 g/mol. The lowest BCUT2D eigenvalue weighted by Gasteiger charge is -2.07. The van der Waals surface area contributed by atoms with Crippen LogP contribution in [0, 0.1) is 10.1 Å². The predicted molar refractivity (Wildman–Crippen MR) is 126 cm³/mol. The number of anilines is 2. The van der Waals surface area contributed by atoms with Crippen molar-refractivity contribution in [2.45, 2.75) is 4.90 Å². The van der Waals surface area contributed by atoms with Gasteiger partial charge in [-0.25, -0.2) is 4.98 Å². The minimum absolute atomic E-state index is 0.152. The molecule has 0 atom stereocenters. The lowest BCUT2D eigenvalue weighted by molar-refractivity contribution is -0.384. The number of carbonyl (C=O) groups excluding carboxylic acids is 2. The summed E-state index contributed by atoms with van der Waals surface area (Å²) in [7, 11) is 0. The highest BCUT2D eigenvalue weighted by atomic mass is 32.2. The van der Waals surface area contributed by atoms with Gasteiger partial charge in [0.15, 0.2) is 5.13 Å². The molecule has 0 bridgehead atoms. The van der Waals surface area contributed by atoms with Crippen molar-refractivity contribution in [2.24, 2.45) is 0 Å². The van der Waals surface area contributed by atoms with Crippen LogP contribution in [-0.4, -0.2) is 27.5 Å². The molecule has 0 fully saturated rings. The van der Waals surface area contributed by atoms with Crippen LogP contribution in [-0.2, 0) is 4.79 Å². The molecule has 160 valence electrons. The van der Waals surface area contributed by atoms with Crippen molar-refractivity contribution in [1.82, 2.24) is 4.98 Å². The van der Waals surface area contributed by atoms with Crippen molar-refractivity contribution in [2.75, 3.05) is 16.4 Å². The quantitative estimate of drug-likeness (QED) is 0.221. The van der Waals surface area contributed by atoms with Gasteiger partial charge in [0.05, 0.1) is 20.9 Å². The van der Waals surface area contributed by atoms with E-state index < -0.39 is 10.8 Å². The van der Waals surface area contributed by atoms with E-state index in [0.717, 1.165) is 15.1 Å². The number of hydrogen-bond donors (Lipinski definition) is 2. The van der Waals surface area contributed by atoms with Gasteiger partial charge in [0.2, 0.25) is 5.91 Å². The monoisotopic (exact) mass is 464 g/mol. The van der Waals surface area contributed by atoms with Crippen molar-refractivity contribution in [1.29, 1.82) is 0 Å². The Morgan fingerprint density at radius 3 is 2.62 bits per heavy atom. The van der Waals surface area contributed by atoms with Gasteiger partial charge in [-0.05, 0) is 36.4 Å². The van der Waals surface area contributed by atoms with E-state index in [1.807, 2.05) is 30.3 Å². The first-order chi connectivity index (χ1) is 15.5. The van der Waals surface area contributed by atoms with Crippen molar-refractivity contribution in [3.05, 3.63) is 88.5 Å². The molecule has 0 radical (unpaired) electrons. The van der Waals surface area contributed by atoms with Gasteiger partial charge in [0, 0.05) is 28.3 Å². The van der Waals surface area contributed by atoms with E-state index >= 15 is 0 Å². The second-order valence-electron chi connectivity index (χ2n) is 6.61. The Bertz CT molecular complexity index is 1290. The van der Waals surface area contributed by atoms with Gasteiger partial charge >= 0.3 is 0 Å². The zero-order valence-electron chi connectivity index (χ0n) is 16.5. The van der Waals surface area contributed by atoms with E-state index in [9.17, 15) is 19.7 Å². The largest absolute Gasteiger partial charge is 0.322 e. The number of amides is 2. The summed E-state index contributed by atoms with van der Waals surface area (Å²) in [4.78, 5) is 40.3. The molecule has 3 aromatic carbocycles. The SMILES string of the molecule is O=C(CSc1cccc(NC(=O)c2cccc([N+](=O)[O-])c2)c1)Nc1nc2ccccc2s1. The summed E-state index contributed by atoms with van der Waals surface area (Å²) in [6.45, 7) is 0. The van der Waals surface area contributed by atoms with Gasteiger partial charge in [-0.1, -0.05) is 35.6 Å². The summed E-state index contributed by atoms with van der Waals surface area (Å²) < 4.78 is 1.00. The number of thiazole rings is 1. The van der Waals surface area contributed by atoms with Crippen LogP contribution in [0.5, 0.6) is 0 Å². The van der Waals surface area contributed by atoms with Gasteiger partial charge in [-0.15, -0.1) is 11.8 Å². The van der Waals surface area contributed by atoms with Crippen LogP contribution in [0.25, 0.3) is 10.2 Å². The zero-order valence-corrected chi connectivity index (χ0v) is 18.1. The number of benzene rings is 3. The Morgan fingerprint density at radius 1 is 1.00 bits per heavy atom. The number of nitro groups is 1. The number of rotatable bonds is 7. The van der Waals surface area contributed by atoms with E-state index in [1.165, 1.54) is 47.4 Å². The second kappa shape index (κ2) is 9.58. The maximum atomic E-state index is 12.4. The number of hydrogen-bond acceptors (Lipinski definition) is 7. The molecule has 0 saturated carbocycles. The molecule has 0 aliphatic heterocycles. The normalized spacial score (nSPS) is 10.6. The number of nitro benzene ring substituents is 1. The molecule has 1 heterocycles. The van der Waals surface area contributed by atoms with Crippen LogP contribution < -0.4 is 10.6 Å². The Kier molecular flexibility index (Phi) is 6.43. The molecule has 8 nitrogen and oxygen atoms in total. The number of fused-ring (bicyclic) bond motifs is 1. The van der Waals surface area contributed by atoms with Gasteiger partial charge in [0.25, 0.3) is 11.6 Å². The average Bonchev–Trinajstić information content (AvgIpc) is 3.20. The number of nitrogens with one attached hydrogen (secondary N) is 2. The lowest BCUT2D eigenvalue weighted by atomic mass is 10.2. The standard InChI is InChI=1S/C22H16N4O4S2/c27-20(25-22-24-18-9-1-2-10-19(18)32-22)13-31-17-8-4-6-15(12-17)23-21(28)14-5-3-7-16(11-14)26(29)30/h1-12H,13H2,(H,23,28)(H,24,25,27). The zero-order chi connectivity index (χ0) is 22.5. The minimum Gasteiger partial charge on any atom is -0.322 e. The van der Waals surface area contributed by atoms with Gasteiger partial charge in [-0.2, -0.15) is 0 Å². The van der Waals surface area contributed by atoms with Crippen molar-refractivity contribution < 1.29 is 14.5 Å². The minimum atomic E-state index is -0.548. The first kappa shape index (κ1) is 21.5. The third kappa shape index (κ3) is 5.29. The molecule has 32 heavy (non-hydrogen) atoms. The number of nitrogens with zero attached hydrogens (tertiary/aromatic N) is 2. The molecule has 0 saturated heterocycles. The first-order valence-corrected chi connectivity index (χ1v) is 11.2. The Labute approximate surface area is 190 Å². The predicted octanol–water partition coefficient (Wildman–Crippen LogP) is 5.19. The molecular formula is C22H16N4O4S2. The third-order valence-corrected chi connectivity index (χ3v) is 6.27. The molecule has 10 heteroatoms. The topological polar surface area (TPSA) is 114 Å². The fourth-order valence-corrected chi connectivity index (χ4v) is 4.49. The van der Waals surface area contributed by atoms with E-state index in [-0.39, 0.29) is 22.9 Å². The van der Waals surface area contributed by atoms with Crippen LogP contribution in [0.4, 0.5) is 16.5 Å². The van der Waals surface area contributed by atoms with Gasteiger partial charge in [0.1, 0.15) is 0 Å². The van der Waals surface area contributed by atoms with Crippen LogP contribution in [0.3, 0.4) is 0 Å². The molecule has 0 spiro atoms. The second-order valence-corrected chi connectivity index (χ2v) is 8.69. The van der Waals surface area contributed by atoms with Crippen LogP contribution >= 0.6 is 23.1 Å². The van der Waals surface area contributed by atoms with Crippen LogP contribution in [0.2, 0.25) is 0 Å². The molecule has 0 unspecified atom stereocenters. The fourth-order valence-electron chi connectivity index (χ4n) is 2.86. The van der Waals surface area contributed by atoms with E-state index in [2.05, 4.69) is 15.6 Å². The molecular weight excluding hydrogens is 448 g/mol.